The van der Waals surface area contributed by atoms with E-state index in [2.05, 4.69) is 16.7 Å². The number of amides is 1. The summed E-state index contributed by atoms with van der Waals surface area (Å²) in [5.74, 6) is 0.349. The fourth-order valence-corrected chi connectivity index (χ4v) is 2.15. The molecule has 2 heterocycles. The fraction of sp³-hybridized carbons (Fsp3) is 0.500. The lowest BCUT2D eigenvalue weighted by Crippen LogP contribution is -2.51. The van der Waals surface area contributed by atoms with Gasteiger partial charge in [-0.25, -0.2) is 0 Å². The van der Waals surface area contributed by atoms with Gasteiger partial charge < -0.3 is 10.6 Å². The van der Waals surface area contributed by atoms with Crippen LogP contribution in [0.4, 0.5) is 0 Å². The third kappa shape index (κ3) is 1.96. The van der Waals surface area contributed by atoms with E-state index in [4.69, 9.17) is 0 Å². The highest BCUT2D eigenvalue weighted by atomic mass is 32.1. The third-order valence-electron chi connectivity index (χ3n) is 2.48. The highest BCUT2D eigenvalue weighted by Crippen LogP contribution is 2.18. The molecule has 1 aliphatic rings. The van der Waals surface area contributed by atoms with Gasteiger partial charge in [0.25, 0.3) is 0 Å². The van der Waals surface area contributed by atoms with Gasteiger partial charge >= 0.3 is 0 Å². The lowest BCUT2D eigenvalue weighted by molar-refractivity contribution is -0.127. The Morgan fingerprint density at radius 1 is 1.71 bits per heavy atom. The van der Waals surface area contributed by atoms with Gasteiger partial charge in [-0.05, 0) is 18.4 Å². The molecule has 1 aromatic rings. The van der Waals surface area contributed by atoms with E-state index in [9.17, 15) is 4.79 Å². The predicted octanol–water partition coefficient (Wildman–Crippen LogP) is 1.14. The summed E-state index contributed by atoms with van der Waals surface area (Å²) >= 11 is 1.68. The molecule has 2 N–H and O–H groups in total. The van der Waals surface area contributed by atoms with Gasteiger partial charge in [0.05, 0.1) is 12.0 Å². The van der Waals surface area contributed by atoms with Crippen LogP contribution in [0.25, 0.3) is 0 Å². The highest BCUT2D eigenvalue weighted by molar-refractivity contribution is 7.10. The molecule has 0 bridgehead atoms. The van der Waals surface area contributed by atoms with E-state index < -0.39 is 0 Å². The van der Waals surface area contributed by atoms with Crippen molar-refractivity contribution < 1.29 is 4.79 Å². The number of carbonyl (C=O) groups excluding carboxylic acids is 1. The topological polar surface area (TPSA) is 41.1 Å². The second kappa shape index (κ2) is 4.11. The molecule has 3 nitrogen and oxygen atoms in total. The Labute approximate surface area is 87.5 Å². The van der Waals surface area contributed by atoms with Crippen molar-refractivity contribution >= 4 is 17.2 Å². The van der Waals surface area contributed by atoms with Crippen molar-refractivity contribution in [1.29, 1.82) is 0 Å². The first-order chi connectivity index (χ1) is 6.77. The highest BCUT2D eigenvalue weighted by Gasteiger charge is 2.25. The van der Waals surface area contributed by atoms with E-state index in [1.165, 1.54) is 4.88 Å². The first-order valence-electron chi connectivity index (χ1n) is 4.82. The molecule has 0 radical (unpaired) electrons. The molecule has 1 atom stereocenters. The Balaban J connectivity index is 1.87. The molecule has 0 unspecified atom stereocenters. The molecule has 14 heavy (non-hydrogen) atoms. The number of hydrogen-bond donors (Lipinski definition) is 2. The Morgan fingerprint density at radius 3 is 3.00 bits per heavy atom. The molecule has 0 aromatic carbocycles. The maximum atomic E-state index is 11.6. The van der Waals surface area contributed by atoms with E-state index >= 15 is 0 Å². The minimum absolute atomic E-state index is 0.142. The molecule has 0 spiro atoms. The van der Waals surface area contributed by atoms with Crippen molar-refractivity contribution in [2.24, 2.45) is 5.92 Å². The predicted molar refractivity (Wildman–Crippen MR) is 57.2 cm³/mol. The Bertz CT molecular complexity index is 306. The van der Waals surface area contributed by atoms with Crippen LogP contribution in [-0.4, -0.2) is 19.0 Å². The minimum atomic E-state index is 0.142. The van der Waals surface area contributed by atoms with Crippen LogP contribution in [0.1, 0.15) is 17.8 Å². The molecule has 0 saturated carbocycles. The Hall–Kier alpha value is -0.870. The first kappa shape index (κ1) is 9.68. The number of nitrogens with one attached hydrogen (secondary N) is 2. The second-order valence-corrected chi connectivity index (χ2v) is 4.58. The summed E-state index contributed by atoms with van der Waals surface area (Å²) in [7, 11) is 0. The van der Waals surface area contributed by atoms with E-state index in [1.54, 1.807) is 11.3 Å². The number of thiophene rings is 1. The molecule has 1 saturated heterocycles. The summed E-state index contributed by atoms with van der Waals surface area (Å²) in [6, 6.07) is 4.20. The van der Waals surface area contributed by atoms with E-state index in [1.807, 2.05) is 18.4 Å². The zero-order valence-electron chi connectivity index (χ0n) is 8.12. The first-order valence-corrected chi connectivity index (χ1v) is 5.70. The van der Waals surface area contributed by atoms with Gasteiger partial charge in [0.1, 0.15) is 0 Å². The quantitative estimate of drug-likeness (QED) is 0.785. The number of hydrogen-bond acceptors (Lipinski definition) is 3. The van der Waals surface area contributed by atoms with Crippen molar-refractivity contribution in [3.05, 3.63) is 22.4 Å². The van der Waals surface area contributed by atoms with Crippen LogP contribution < -0.4 is 10.6 Å². The van der Waals surface area contributed by atoms with Gasteiger partial charge in [-0.3, -0.25) is 4.79 Å². The van der Waals surface area contributed by atoms with E-state index in [-0.39, 0.29) is 17.9 Å². The standard InChI is InChI=1S/C10H14N2OS/c1-7(9-3-2-4-14-9)12-10(13)8-5-11-6-8/h2-4,7-8,11H,5-6H2,1H3,(H,12,13)/t7-/m0/s1. The van der Waals surface area contributed by atoms with Crippen LogP contribution in [0, 0.1) is 5.92 Å². The zero-order chi connectivity index (χ0) is 9.97. The second-order valence-electron chi connectivity index (χ2n) is 3.60. The lowest BCUT2D eigenvalue weighted by Gasteiger charge is -2.27. The largest absolute Gasteiger partial charge is 0.348 e. The van der Waals surface area contributed by atoms with Gasteiger partial charge in [-0.15, -0.1) is 11.3 Å². The molecule has 4 heteroatoms. The Morgan fingerprint density at radius 2 is 2.50 bits per heavy atom. The molecule has 1 aromatic heterocycles. The zero-order valence-corrected chi connectivity index (χ0v) is 8.93. The summed E-state index contributed by atoms with van der Waals surface area (Å²) in [5.41, 5.74) is 0. The molecule has 2 rings (SSSR count). The average Bonchev–Trinajstić information content (AvgIpc) is 2.51. The van der Waals surface area contributed by atoms with Crippen molar-refractivity contribution in [2.45, 2.75) is 13.0 Å². The van der Waals surface area contributed by atoms with Crippen molar-refractivity contribution in [3.8, 4) is 0 Å². The number of carbonyl (C=O) groups is 1. The smallest absolute Gasteiger partial charge is 0.226 e. The molecule has 1 fully saturated rings. The van der Waals surface area contributed by atoms with Crippen LogP contribution >= 0.6 is 11.3 Å². The van der Waals surface area contributed by atoms with Crippen molar-refractivity contribution in [3.63, 3.8) is 0 Å². The van der Waals surface area contributed by atoms with Gasteiger partial charge in [-0.1, -0.05) is 6.07 Å². The molecular formula is C10H14N2OS. The molecule has 1 aliphatic heterocycles. The lowest BCUT2D eigenvalue weighted by atomic mass is 10.0. The van der Waals surface area contributed by atoms with Crippen LogP contribution in [0.5, 0.6) is 0 Å². The SMILES string of the molecule is C[C@H](NC(=O)C1CNC1)c1cccs1. The average molecular weight is 210 g/mol. The van der Waals surface area contributed by atoms with Crippen molar-refractivity contribution in [2.75, 3.05) is 13.1 Å². The summed E-state index contributed by atoms with van der Waals surface area (Å²) in [5, 5.41) is 8.14. The van der Waals surface area contributed by atoms with Crippen LogP contribution in [0.3, 0.4) is 0 Å². The van der Waals surface area contributed by atoms with Gasteiger partial charge in [-0.2, -0.15) is 0 Å². The van der Waals surface area contributed by atoms with E-state index in [0.717, 1.165) is 13.1 Å². The molecule has 76 valence electrons. The van der Waals surface area contributed by atoms with Crippen LogP contribution in [-0.2, 0) is 4.79 Å². The monoisotopic (exact) mass is 210 g/mol. The normalized spacial score (nSPS) is 18.6. The summed E-state index contributed by atoms with van der Waals surface area (Å²) in [6.45, 7) is 3.67. The molecular weight excluding hydrogens is 196 g/mol. The maximum absolute atomic E-state index is 11.6. The Kier molecular flexibility index (Phi) is 2.84. The summed E-state index contributed by atoms with van der Waals surface area (Å²) < 4.78 is 0. The summed E-state index contributed by atoms with van der Waals surface area (Å²) in [6.07, 6.45) is 0. The van der Waals surface area contributed by atoms with E-state index in [0.29, 0.717) is 0 Å². The minimum Gasteiger partial charge on any atom is -0.348 e. The molecule has 1 amide bonds. The number of rotatable bonds is 3. The van der Waals surface area contributed by atoms with Gasteiger partial charge in [0, 0.05) is 18.0 Å². The van der Waals surface area contributed by atoms with Crippen LogP contribution in [0.2, 0.25) is 0 Å². The van der Waals surface area contributed by atoms with Crippen molar-refractivity contribution in [1.82, 2.24) is 10.6 Å². The van der Waals surface area contributed by atoms with Crippen LogP contribution in [0.15, 0.2) is 17.5 Å². The fourth-order valence-electron chi connectivity index (χ4n) is 1.41. The maximum Gasteiger partial charge on any atom is 0.226 e. The summed E-state index contributed by atoms with van der Waals surface area (Å²) in [4.78, 5) is 12.8. The third-order valence-corrected chi connectivity index (χ3v) is 3.54. The van der Waals surface area contributed by atoms with Gasteiger partial charge in [0.2, 0.25) is 5.91 Å². The molecule has 0 aliphatic carbocycles. The van der Waals surface area contributed by atoms with Gasteiger partial charge in [0.15, 0.2) is 0 Å².